The molecule has 2 aliphatic rings. The van der Waals surface area contributed by atoms with Gasteiger partial charge in [0.25, 0.3) is 11.8 Å². The molecule has 8 heteroatoms. The number of thioether (sulfide) groups is 1. The number of amides is 2. The average Bonchev–Trinajstić information content (AvgIpc) is 3.40. The molecule has 0 radical (unpaired) electrons. The Hall–Kier alpha value is -4.57. The Labute approximate surface area is 290 Å². The van der Waals surface area contributed by atoms with Crippen LogP contribution in [0.3, 0.4) is 0 Å². The zero-order valence-electron chi connectivity index (χ0n) is 26.9. The summed E-state index contributed by atoms with van der Waals surface area (Å²) in [6.07, 6.45) is -2.03. The summed E-state index contributed by atoms with van der Waals surface area (Å²) in [6.45, 7) is 1.12. The number of imide groups is 1. The molecule has 248 valence electrons. The lowest BCUT2D eigenvalue weighted by Gasteiger charge is -2.48. The van der Waals surface area contributed by atoms with Crippen molar-refractivity contribution >= 4 is 23.6 Å². The maximum Gasteiger partial charge on any atom is 0.262 e. The van der Waals surface area contributed by atoms with Gasteiger partial charge in [0.2, 0.25) is 0 Å². The summed E-state index contributed by atoms with van der Waals surface area (Å²) in [5.41, 5.74) is 3.02. The first-order chi connectivity index (χ1) is 24.2. The van der Waals surface area contributed by atoms with Gasteiger partial charge in [0.1, 0.15) is 29.8 Å². The highest BCUT2D eigenvalue weighted by molar-refractivity contribution is 7.99. The first-order valence-electron chi connectivity index (χ1n) is 16.4. The van der Waals surface area contributed by atoms with Crippen LogP contribution in [0, 0.1) is 0 Å². The van der Waals surface area contributed by atoms with Crippen LogP contribution in [0.15, 0.2) is 150 Å². The minimum absolute atomic E-state index is 0.209. The minimum Gasteiger partial charge on any atom is -0.374 e. The number of fused-ring (bicyclic) bond motifs is 1. The number of hydrogen-bond acceptors (Lipinski definition) is 7. The third kappa shape index (κ3) is 7.69. The molecular weight excluding hydrogens is 635 g/mol. The lowest BCUT2D eigenvalue weighted by molar-refractivity contribution is -0.223. The second-order valence-electron chi connectivity index (χ2n) is 12.0. The molecule has 0 saturated carbocycles. The summed E-state index contributed by atoms with van der Waals surface area (Å²) in [5.74, 6) is -0.747. The van der Waals surface area contributed by atoms with Crippen LogP contribution in [-0.2, 0) is 38.8 Å². The van der Waals surface area contributed by atoms with Crippen molar-refractivity contribution in [2.24, 2.45) is 0 Å². The summed E-state index contributed by atoms with van der Waals surface area (Å²) in [7, 11) is 0. The zero-order chi connectivity index (χ0) is 33.4. The van der Waals surface area contributed by atoms with Crippen molar-refractivity contribution < 1.29 is 28.5 Å². The van der Waals surface area contributed by atoms with Gasteiger partial charge in [0.05, 0.1) is 37.6 Å². The SMILES string of the molecule is O=C1c2ccccc2C(=O)N1[C@@H]1[C@@H](OCc2ccccc2)[C@H](OCc2ccccc2)[C@@H](COCc2ccccc2)O[C@H]1Sc1ccccc1. The molecule has 7 nitrogen and oxygen atoms in total. The molecule has 1 saturated heterocycles. The van der Waals surface area contributed by atoms with Gasteiger partial charge in [-0.15, -0.1) is 0 Å². The largest absolute Gasteiger partial charge is 0.374 e. The molecule has 0 aromatic heterocycles. The van der Waals surface area contributed by atoms with Crippen molar-refractivity contribution in [1.82, 2.24) is 4.90 Å². The zero-order valence-corrected chi connectivity index (χ0v) is 27.7. The van der Waals surface area contributed by atoms with Crippen LogP contribution in [0.5, 0.6) is 0 Å². The third-order valence-electron chi connectivity index (χ3n) is 8.70. The smallest absolute Gasteiger partial charge is 0.262 e. The maximum absolute atomic E-state index is 14.1. The molecule has 0 aliphatic carbocycles. The summed E-state index contributed by atoms with van der Waals surface area (Å²) in [4.78, 5) is 30.5. The van der Waals surface area contributed by atoms with Gasteiger partial charge in [-0.3, -0.25) is 14.5 Å². The molecule has 0 bridgehead atoms. The molecule has 5 aromatic rings. The van der Waals surface area contributed by atoms with Gasteiger partial charge in [-0.1, -0.05) is 133 Å². The highest BCUT2D eigenvalue weighted by atomic mass is 32.2. The summed E-state index contributed by atoms with van der Waals surface area (Å²) in [5, 5.41) is 0. The molecule has 49 heavy (non-hydrogen) atoms. The molecule has 0 N–H and O–H groups in total. The van der Waals surface area contributed by atoms with Crippen molar-refractivity contribution in [2.75, 3.05) is 6.61 Å². The summed E-state index contributed by atoms with van der Waals surface area (Å²) < 4.78 is 26.8. The fraction of sp³-hybridized carbons (Fsp3) is 0.220. The van der Waals surface area contributed by atoms with Crippen molar-refractivity contribution in [3.05, 3.63) is 173 Å². The van der Waals surface area contributed by atoms with E-state index in [0.717, 1.165) is 21.6 Å². The molecule has 0 spiro atoms. The van der Waals surface area contributed by atoms with Gasteiger partial charge in [-0.25, -0.2) is 0 Å². The molecule has 2 amide bonds. The molecule has 1 fully saturated rings. The van der Waals surface area contributed by atoms with E-state index in [2.05, 4.69) is 0 Å². The first-order valence-corrected chi connectivity index (χ1v) is 17.3. The van der Waals surface area contributed by atoms with Gasteiger partial charge in [-0.05, 0) is 41.0 Å². The van der Waals surface area contributed by atoms with Gasteiger partial charge >= 0.3 is 0 Å². The highest BCUT2D eigenvalue weighted by Crippen LogP contribution is 2.41. The molecule has 5 aromatic carbocycles. The molecular formula is C41H37NO6S. The predicted molar refractivity (Wildman–Crippen MR) is 188 cm³/mol. The summed E-state index contributed by atoms with van der Waals surface area (Å²) in [6, 6.07) is 45.7. The number of benzene rings is 5. The van der Waals surface area contributed by atoms with Crippen LogP contribution >= 0.6 is 11.8 Å². The van der Waals surface area contributed by atoms with Crippen LogP contribution in [0.4, 0.5) is 0 Å². The second-order valence-corrected chi connectivity index (χ2v) is 13.2. The lowest BCUT2D eigenvalue weighted by atomic mass is 9.95. The Kier molecular flexibility index (Phi) is 10.6. The lowest BCUT2D eigenvalue weighted by Crippen LogP contribution is -2.65. The summed E-state index contributed by atoms with van der Waals surface area (Å²) >= 11 is 1.46. The Balaban J connectivity index is 1.28. The molecule has 7 rings (SSSR count). The van der Waals surface area contributed by atoms with Crippen molar-refractivity contribution in [3.8, 4) is 0 Å². The van der Waals surface area contributed by atoms with E-state index in [1.54, 1.807) is 24.3 Å². The minimum atomic E-state index is -0.826. The van der Waals surface area contributed by atoms with E-state index in [1.807, 2.05) is 121 Å². The van der Waals surface area contributed by atoms with Gasteiger partial charge in [0.15, 0.2) is 0 Å². The van der Waals surface area contributed by atoms with Crippen LogP contribution in [-0.4, -0.2) is 53.1 Å². The van der Waals surface area contributed by atoms with Crippen molar-refractivity contribution in [3.63, 3.8) is 0 Å². The Morgan fingerprint density at radius 1 is 0.551 bits per heavy atom. The van der Waals surface area contributed by atoms with E-state index in [1.165, 1.54) is 16.7 Å². The second kappa shape index (κ2) is 15.8. The van der Waals surface area contributed by atoms with E-state index in [0.29, 0.717) is 17.7 Å². The number of rotatable bonds is 13. The number of ether oxygens (including phenoxy) is 4. The van der Waals surface area contributed by atoms with E-state index < -0.39 is 29.8 Å². The van der Waals surface area contributed by atoms with Crippen LogP contribution in [0.1, 0.15) is 37.4 Å². The van der Waals surface area contributed by atoms with E-state index in [9.17, 15) is 9.59 Å². The molecule has 2 aliphatic heterocycles. The van der Waals surface area contributed by atoms with Gasteiger partial charge < -0.3 is 18.9 Å². The Bertz CT molecular complexity index is 1790. The highest BCUT2D eigenvalue weighted by Gasteiger charge is 2.55. The number of nitrogens with zero attached hydrogens (tertiary/aromatic N) is 1. The predicted octanol–water partition coefficient (Wildman–Crippen LogP) is 7.56. The van der Waals surface area contributed by atoms with Gasteiger partial charge in [0, 0.05) is 4.90 Å². The third-order valence-corrected chi connectivity index (χ3v) is 9.86. The average molecular weight is 672 g/mol. The number of hydrogen-bond donors (Lipinski definition) is 0. The Morgan fingerprint density at radius 3 is 1.53 bits per heavy atom. The normalized spacial score (nSPS) is 21.9. The quantitative estimate of drug-likeness (QED) is 0.120. The van der Waals surface area contributed by atoms with Crippen molar-refractivity contribution in [2.45, 2.75) is 54.5 Å². The first kappa shape index (κ1) is 33.0. The van der Waals surface area contributed by atoms with Gasteiger partial charge in [-0.2, -0.15) is 0 Å². The van der Waals surface area contributed by atoms with E-state index in [-0.39, 0.29) is 31.6 Å². The van der Waals surface area contributed by atoms with Crippen LogP contribution in [0.25, 0.3) is 0 Å². The molecule has 2 heterocycles. The van der Waals surface area contributed by atoms with Crippen molar-refractivity contribution in [1.29, 1.82) is 0 Å². The fourth-order valence-corrected chi connectivity index (χ4v) is 7.50. The fourth-order valence-electron chi connectivity index (χ4n) is 6.30. The number of carbonyl (C=O) groups is 2. The maximum atomic E-state index is 14.1. The van der Waals surface area contributed by atoms with E-state index >= 15 is 0 Å². The Morgan fingerprint density at radius 2 is 1.00 bits per heavy atom. The monoisotopic (exact) mass is 671 g/mol. The molecule has 5 atom stereocenters. The molecule has 0 unspecified atom stereocenters. The van der Waals surface area contributed by atoms with E-state index in [4.69, 9.17) is 18.9 Å². The topological polar surface area (TPSA) is 74.3 Å². The standard InChI is InChI=1S/C41H37NO6S/c43-39-33-23-13-14-24-34(33)40(44)42(39)36-38(47-27-31-19-9-3-10-20-31)37(46-26-30-17-7-2-8-18-30)35(28-45-25-29-15-5-1-6-16-29)48-41(36)49-32-21-11-4-12-22-32/h1-24,35-38,41H,25-28H2/t35-,36-,37-,38-,41+/m1/s1. The van der Waals surface area contributed by atoms with Crippen LogP contribution in [0.2, 0.25) is 0 Å². The van der Waals surface area contributed by atoms with Crippen LogP contribution < -0.4 is 0 Å². The number of carbonyl (C=O) groups excluding carboxylic acids is 2.